The Morgan fingerprint density at radius 1 is 1.50 bits per heavy atom. The summed E-state index contributed by atoms with van der Waals surface area (Å²) < 4.78 is 0. The second-order valence-corrected chi connectivity index (χ2v) is 6.47. The van der Waals surface area contributed by atoms with Gasteiger partial charge in [-0.25, -0.2) is 0 Å². The topological polar surface area (TPSA) is 58.4 Å². The molecule has 1 aromatic rings. The van der Waals surface area contributed by atoms with Crippen LogP contribution < -0.4 is 11.1 Å². The van der Waals surface area contributed by atoms with Gasteiger partial charge >= 0.3 is 0 Å². The molecule has 1 amide bonds. The summed E-state index contributed by atoms with van der Waals surface area (Å²) >= 11 is 1.66. The summed E-state index contributed by atoms with van der Waals surface area (Å²) in [5.74, 6) is 0.527. The molecule has 1 aromatic heterocycles. The van der Waals surface area contributed by atoms with Crippen molar-refractivity contribution in [2.24, 2.45) is 11.7 Å². The van der Waals surface area contributed by atoms with Gasteiger partial charge in [0.1, 0.15) is 0 Å². The first-order valence-corrected chi connectivity index (χ1v) is 8.14. The van der Waals surface area contributed by atoms with Gasteiger partial charge in [-0.05, 0) is 41.8 Å². The van der Waals surface area contributed by atoms with Crippen LogP contribution in [-0.4, -0.2) is 37.0 Å². The molecule has 0 fully saturated rings. The normalized spacial score (nSPS) is 14.6. The molecule has 0 aliphatic heterocycles. The lowest BCUT2D eigenvalue weighted by Gasteiger charge is -2.31. The van der Waals surface area contributed by atoms with Crippen LogP contribution in [0.4, 0.5) is 0 Å². The Bertz CT molecular complexity index is 392. The fraction of sp³-hybridized carbons (Fsp3) is 0.667. The molecule has 0 radical (unpaired) electrons. The summed E-state index contributed by atoms with van der Waals surface area (Å²) in [7, 11) is 1.97. The molecule has 0 aliphatic carbocycles. The summed E-state index contributed by atoms with van der Waals surface area (Å²) in [5.41, 5.74) is 7.44. The van der Waals surface area contributed by atoms with Crippen LogP contribution in [0.3, 0.4) is 0 Å². The highest BCUT2D eigenvalue weighted by molar-refractivity contribution is 7.07. The van der Waals surface area contributed by atoms with Gasteiger partial charge in [-0.2, -0.15) is 11.3 Å². The number of carbonyl (C=O) groups excluding carboxylic acids is 1. The molecule has 0 aliphatic rings. The van der Waals surface area contributed by atoms with Crippen LogP contribution in [0.25, 0.3) is 0 Å². The summed E-state index contributed by atoms with van der Waals surface area (Å²) in [5, 5.41) is 7.12. The molecule has 2 atom stereocenters. The van der Waals surface area contributed by atoms with E-state index in [4.69, 9.17) is 5.73 Å². The molecule has 3 N–H and O–H groups in total. The maximum absolute atomic E-state index is 12.0. The van der Waals surface area contributed by atoms with E-state index >= 15 is 0 Å². The highest BCUT2D eigenvalue weighted by atomic mass is 32.1. The van der Waals surface area contributed by atoms with Crippen molar-refractivity contribution < 1.29 is 4.79 Å². The van der Waals surface area contributed by atoms with Gasteiger partial charge in [0.15, 0.2) is 0 Å². The molecule has 1 heterocycles. The predicted molar refractivity (Wildman–Crippen MR) is 85.8 cm³/mol. The Labute approximate surface area is 126 Å². The van der Waals surface area contributed by atoms with Crippen molar-refractivity contribution in [1.82, 2.24) is 10.2 Å². The second-order valence-electron chi connectivity index (χ2n) is 5.69. The van der Waals surface area contributed by atoms with Crippen LogP contribution >= 0.6 is 11.3 Å². The molecular formula is C15H27N3OS. The zero-order valence-corrected chi connectivity index (χ0v) is 13.7. The molecule has 1 rings (SSSR count). The lowest BCUT2D eigenvalue weighted by atomic mass is 9.99. The van der Waals surface area contributed by atoms with E-state index in [1.807, 2.05) is 11.9 Å². The van der Waals surface area contributed by atoms with Crippen molar-refractivity contribution in [1.29, 1.82) is 0 Å². The van der Waals surface area contributed by atoms with Crippen molar-refractivity contribution in [3.8, 4) is 0 Å². The number of nitrogens with one attached hydrogen (secondary N) is 1. The summed E-state index contributed by atoms with van der Waals surface area (Å²) in [6.07, 6.45) is 0.887. The van der Waals surface area contributed by atoms with Crippen molar-refractivity contribution in [3.63, 3.8) is 0 Å². The zero-order chi connectivity index (χ0) is 15.1. The lowest BCUT2D eigenvalue weighted by molar-refractivity contribution is -0.122. The SMILES string of the molecule is CCC(N)C(c1ccsc1)N(C)CC(=O)NCC(C)C. The maximum Gasteiger partial charge on any atom is 0.234 e. The molecule has 0 aromatic carbocycles. The number of carbonyl (C=O) groups is 1. The van der Waals surface area contributed by atoms with E-state index in [0.717, 1.165) is 13.0 Å². The Morgan fingerprint density at radius 3 is 2.70 bits per heavy atom. The Balaban J connectivity index is 2.65. The number of thiophene rings is 1. The zero-order valence-electron chi connectivity index (χ0n) is 12.9. The third kappa shape index (κ3) is 5.23. The Hall–Kier alpha value is -0.910. The van der Waals surface area contributed by atoms with Gasteiger partial charge in [0.05, 0.1) is 12.6 Å². The van der Waals surface area contributed by atoms with E-state index < -0.39 is 0 Å². The first kappa shape index (κ1) is 17.1. The number of amides is 1. The Kier molecular flexibility index (Phi) is 7.19. The van der Waals surface area contributed by atoms with E-state index in [1.54, 1.807) is 11.3 Å². The third-order valence-corrected chi connectivity index (χ3v) is 4.04. The van der Waals surface area contributed by atoms with Crippen molar-refractivity contribution in [2.45, 2.75) is 39.3 Å². The van der Waals surface area contributed by atoms with Gasteiger partial charge in [0, 0.05) is 12.6 Å². The fourth-order valence-corrected chi connectivity index (χ4v) is 2.88. The molecule has 0 bridgehead atoms. The molecule has 114 valence electrons. The van der Waals surface area contributed by atoms with Crippen LogP contribution in [0, 0.1) is 5.92 Å². The molecule has 20 heavy (non-hydrogen) atoms. The van der Waals surface area contributed by atoms with Gasteiger partial charge in [-0.3, -0.25) is 9.69 Å². The van der Waals surface area contributed by atoms with Crippen LogP contribution in [0.1, 0.15) is 38.8 Å². The lowest BCUT2D eigenvalue weighted by Crippen LogP contribution is -2.44. The molecular weight excluding hydrogens is 270 g/mol. The van der Waals surface area contributed by atoms with Gasteiger partial charge in [-0.15, -0.1) is 0 Å². The fourth-order valence-electron chi connectivity index (χ4n) is 2.19. The maximum atomic E-state index is 12.0. The predicted octanol–water partition coefficient (Wildman–Crippen LogP) is 2.23. The van der Waals surface area contributed by atoms with E-state index in [-0.39, 0.29) is 18.0 Å². The van der Waals surface area contributed by atoms with Gasteiger partial charge < -0.3 is 11.1 Å². The highest BCUT2D eigenvalue weighted by Gasteiger charge is 2.24. The summed E-state index contributed by atoms with van der Waals surface area (Å²) in [4.78, 5) is 14.0. The average Bonchev–Trinajstić information content (AvgIpc) is 2.90. The molecule has 0 saturated heterocycles. The van der Waals surface area contributed by atoms with Gasteiger partial charge in [0.2, 0.25) is 5.91 Å². The van der Waals surface area contributed by atoms with Crippen LogP contribution in [-0.2, 0) is 4.79 Å². The molecule has 0 saturated carbocycles. The summed E-state index contributed by atoms with van der Waals surface area (Å²) in [6.45, 7) is 7.35. The Morgan fingerprint density at radius 2 is 2.20 bits per heavy atom. The van der Waals surface area contributed by atoms with E-state index in [2.05, 4.69) is 42.9 Å². The van der Waals surface area contributed by atoms with E-state index in [0.29, 0.717) is 12.5 Å². The minimum Gasteiger partial charge on any atom is -0.355 e. The minimum absolute atomic E-state index is 0.0347. The third-order valence-electron chi connectivity index (χ3n) is 3.34. The average molecular weight is 297 g/mol. The smallest absolute Gasteiger partial charge is 0.234 e. The van der Waals surface area contributed by atoms with Crippen molar-refractivity contribution in [3.05, 3.63) is 22.4 Å². The highest BCUT2D eigenvalue weighted by Crippen LogP contribution is 2.25. The molecule has 2 unspecified atom stereocenters. The monoisotopic (exact) mass is 297 g/mol. The minimum atomic E-state index is 0.0347. The number of nitrogens with two attached hydrogens (primary N) is 1. The molecule has 4 nitrogen and oxygen atoms in total. The second kappa shape index (κ2) is 8.39. The molecule has 5 heteroatoms. The van der Waals surface area contributed by atoms with Crippen LogP contribution in [0.5, 0.6) is 0 Å². The number of nitrogens with zero attached hydrogens (tertiary/aromatic N) is 1. The van der Waals surface area contributed by atoms with Gasteiger partial charge in [0.25, 0.3) is 0 Å². The standard InChI is InChI=1S/C15H27N3OS/c1-5-13(16)15(12-6-7-20-10-12)18(4)9-14(19)17-8-11(2)3/h6-7,10-11,13,15H,5,8-9,16H2,1-4H3,(H,17,19). The number of rotatable bonds is 8. The van der Waals surface area contributed by atoms with Crippen LogP contribution in [0.15, 0.2) is 16.8 Å². The quantitative estimate of drug-likeness (QED) is 0.773. The van der Waals surface area contributed by atoms with Crippen molar-refractivity contribution in [2.75, 3.05) is 20.1 Å². The van der Waals surface area contributed by atoms with E-state index in [1.165, 1.54) is 5.56 Å². The largest absolute Gasteiger partial charge is 0.355 e. The van der Waals surface area contributed by atoms with Crippen LogP contribution in [0.2, 0.25) is 0 Å². The number of likely N-dealkylation sites (N-methyl/N-ethyl adjacent to an activating group) is 1. The van der Waals surface area contributed by atoms with Crippen molar-refractivity contribution >= 4 is 17.2 Å². The number of hydrogen-bond acceptors (Lipinski definition) is 4. The first-order valence-electron chi connectivity index (χ1n) is 7.20. The van der Waals surface area contributed by atoms with E-state index in [9.17, 15) is 4.79 Å². The van der Waals surface area contributed by atoms with Gasteiger partial charge in [-0.1, -0.05) is 20.8 Å². The number of hydrogen-bond donors (Lipinski definition) is 2. The first-order chi connectivity index (χ1) is 9.45. The summed E-state index contributed by atoms with van der Waals surface area (Å²) in [6, 6.07) is 2.22. The molecule has 0 spiro atoms.